The molecule has 0 bridgehead atoms. The second kappa shape index (κ2) is 4.24. The molecule has 0 aliphatic heterocycles. The number of carbonyl (C=O) groups is 1. The van der Waals surface area contributed by atoms with Crippen molar-refractivity contribution in [3.8, 4) is 0 Å². The van der Waals surface area contributed by atoms with Gasteiger partial charge in [0.1, 0.15) is 0 Å². The van der Waals surface area contributed by atoms with Crippen LogP contribution in [0.25, 0.3) is 0 Å². The monoisotopic (exact) mass is 164 g/mol. The molecule has 0 amide bonds. The Morgan fingerprint density at radius 1 is 1.67 bits per heavy atom. The molecule has 66 valence electrons. The molecule has 1 aliphatic rings. The fraction of sp³-hybridized carbons (Fsp3) is 0.545. The lowest BCUT2D eigenvalue weighted by atomic mass is 9.92. The normalized spacial score (nSPS) is 22.5. The van der Waals surface area contributed by atoms with E-state index in [9.17, 15) is 4.79 Å². The highest BCUT2D eigenvalue weighted by atomic mass is 16.1. The van der Waals surface area contributed by atoms with E-state index in [0.29, 0.717) is 5.92 Å². The van der Waals surface area contributed by atoms with Crippen molar-refractivity contribution >= 4 is 5.78 Å². The van der Waals surface area contributed by atoms with Crippen molar-refractivity contribution in [2.45, 2.75) is 33.1 Å². The van der Waals surface area contributed by atoms with Gasteiger partial charge in [0.25, 0.3) is 0 Å². The van der Waals surface area contributed by atoms with Crippen LogP contribution >= 0.6 is 0 Å². The predicted molar refractivity (Wildman–Crippen MR) is 50.9 cm³/mol. The van der Waals surface area contributed by atoms with E-state index in [-0.39, 0.29) is 5.78 Å². The van der Waals surface area contributed by atoms with E-state index in [2.05, 4.69) is 19.9 Å². The lowest BCUT2D eigenvalue weighted by Gasteiger charge is -2.13. The van der Waals surface area contributed by atoms with Gasteiger partial charge < -0.3 is 0 Å². The zero-order valence-electron chi connectivity index (χ0n) is 7.84. The van der Waals surface area contributed by atoms with Crippen LogP contribution in [0.4, 0.5) is 0 Å². The van der Waals surface area contributed by atoms with Crippen molar-refractivity contribution < 1.29 is 4.79 Å². The molecule has 0 N–H and O–H groups in total. The van der Waals surface area contributed by atoms with Crippen LogP contribution in [0, 0.1) is 5.92 Å². The summed E-state index contributed by atoms with van der Waals surface area (Å²) in [6.07, 6.45) is 8.87. The fourth-order valence-corrected chi connectivity index (χ4v) is 1.33. The third kappa shape index (κ3) is 3.04. The molecule has 0 aromatic rings. The van der Waals surface area contributed by atoms with Gasteiger partial charge in [0.05, 0.1) is 0 Å². The molecular formula is C11H16O. The number of allylic oxidation sites excluding steroid dienone is 4. The van der Waals surface area contributed by atoms with Crippen molar-refractivity contribution in [3.05, 3.63) is 23.8 Å². The van der Waals surface area contributed by atoms with Crippen molar-refractivity contribution in [1.82, 2.24) is 0 Å². The molecule has 0 saturated carbocycles. The predicted octanol–water partition coefficient (Wildman–Crippen LogP) is 2.88. The molecule has 0 heterocycles. The summed E-state index contributed by atoms with van der Waals surface area (Å²) in [7, 11) is 0. The summed E-state index contributed by atoms with van der Waals surface area (Å²) < 4.78 is 0. The van der Waals surface area contributed by atoms with Crippen LogP contribution in [0.3, 0.4) is 0 Å². The first-order valence-corrected chi connectivity index (χ1v) is 4.53. The zero-order chi connectivity index (χ0) is 8.97. The SMILES string of the molecule is CC(C)=CCC1C=CC(=O)CC1. The third-order valence-corrected chi connectivity index (χ3v) is 2.14. The maximum Gasteiger partial charge on any atom is 0.155 e. The van der Waals surface area contributed by atoms with Crippen LogP contribution in [-0.2, 0) is 4.79 Å². The molecule has 1 nitrogen and oxygen atoms in total. The highest BCUT2D eigenvalue weighted by Crippen LogP contribution is 2.19. The maximum atomic E-state index is 10.8. The summed E-state index contributed by atoms with van der Waals surface area (Å²) in [5.41, 5.74) is 1.36. The Kier molecular flexibility index (Phi) is 3.27. The summed E-state index contributed by atoms with van der Waals surface area (Å²) in [5.74, 6) is 0.876. The Balaban J connectivity index is 2.40. The molecule has 1 unspecified atom stereocenters. The largest absolute Gasteiger partial charge is 0.295 e. The van der Waals surface area contributed by atoms with E-state index in [1.807, 2.05) is 6.08 Å². The summed E-state index contributed by atoms with van der Waals surface area (Å²) in [4.78, 5) is 10.8. The highest BCUT2D eigenvalue weighted by Gasteiger charge is 2.10. The molecule has 12 heavy (non-hydrogen) atoms. The Hall–Kier alpha value is -0.850. The number of rotatable bonds is 2. The van der Waals surface area contributed by atoms with E-state index >= 15 is 0 Å². The molecule has 0 spiro atoms. The van der Waals surface area contributed by atoms with Gasteiger partial charge in [-0.25, -0.2) is 0 Å². The summed E-state index contributed by atoms with van der Waals surface area (Å²) in [5, 5.41) is 0. The molecule has 0 fully saturated rings. The zero-order valence-corrected chi connectivity index (χ0v) is 7.84. The first-order valence-electron chi connectivity index (χ1n) is 4.53. The second-order valence-corrected chi connectivity index (χ2v) is 3.64. The lowest BCUT2D eigenvalue weighted by Crippen LogP contribution is -2.06. The first-order chi connectivity index (χ1) is 5.68. The smallest absolute Gasteiger partial charge is 0.155 e. The number of ketones is 1. The molecule has 0 saturated heterocycles. The van der Waals surface area contributed by atoms with Gasteiger partial charge in [-0.3, -0.25) is 4.79 Å². The third-order valence-electron chi connectivity index (χ3n) is 2.14. The van der Waals surface area contributed by atoms with Gasteiger partial charge >= 0.3 is 0 Å². The molecule has 1 rings (SSSR count). The van der Waals surface area contributed by atoms with Crippen molar-refractivity contribution in [2.75, 3.05) is 0 Å². The summed E-state index contributed by atoms with van der Waals surface area (Å²) in [6, 6.07) is 0. The number of carbonyl (C=O) groups excluding carboxylic acids is 1. The number of hydrogen-bond acceptors (Lipinski definition) is 1. The van der Waals surface area contributed by atoms with Gasteiger partial charge in [-0.2, -0.15) is 0 Å². The lowest BCUT2D eigenvalue weighted by molar-refractivity contribution is -0.115. The molecule has 0 aromatic heterocycles. The fourth-order valence-electron chi connectivity index (χ4n) is 1.33. The molecule has 1 atom stereocenters. The van der Waals surface area contributed by atoms with Crippen LogP contribution in [-0.4, -0.2) is 5.78 Å². The average molecular weight is 164 g/mol. The van der Waals surface area contributed by atoms with Crippen molar-refractivity contribution in [1.29, 1.82) is 0 Å². The van der Waals surface area contributed by atoms with Gasteiger partial charge in [0.2, 0.25) is 0 Å². The van der Waals surface area contributed by atoms with Crippen LogP contribution in [0.15, 0.2) is 23.8 Å². The Bertz CT molecular complexity index is 219. The van der Waals surface area contributed by atoms with Gasteiger partial charge in [0.15, 0.2) is 5.78 Å². The molecule has 0 radical (unpaired) electrons. The molecule has 1 aliphatic carbocycles. The minimum atomic E-state index is 0.281. The van der Waals surface area contributed by atoms with Crippen LogP contribution in [0.5, 0.6) is 0 Å². The van der Waals surface area contributed by atoms with E-state index in [4.69, 9.17) is 0 Å². The van der Waals surface area contributed by atoms with E-state index in [1.54, 1.807) is 6.08 Å². The van der Waals surface area contributed by atoms with E-state index in [0.717, 1.165) is 19.3 Å². The Morgan fingerprint density at radius 2 is 2.42 bits per heavy atom. The average Bonchev–Trinajstić information content (AvgIpc) is 2.03. The topological polar surface area (TPSA) is 17.1 Å². The van der Waals surface area contributed by atoms with Gasteiger partial charge in [0, 0.05) is 6.42 Å². The van der Waals surface area contributed by atoms with Crippen molar-refractivity contribution in [2.24, 2.45) is 5.92 Å². The van der Waals surface area contributed by atoms with Gasteiger partial charge in [-0.15, -0.1) is 0 Å². The molecular weight excluding hydrogens is 148 g/mol. The maximum absolute atomic E-state index is 10.8. The second-order valence-electron chi connectivity index (χ2n) is 3.64. The first kappa shape index (κ1) is 9.24. The Labute approximate surface area is 74.2 Å². The molecule has 1 heteroatoms. The minimum Gasteiger partial charge on any atom is -0.295 e. The quantitative estimate of drug-likeness (QED) is 0.573. The summed E-state index contributed by atoms with van der Waals surface area (Å²) in [6.45, 7) is 4.22. The Morgan fingerprint density at radius 3 is 2.92 bits per heavy atom. The van der Waals surface area contributed by atoms with Crippen LogP contribution < -0.4 is 0 Å². The van der Waals surface area contributed by atoms with Gasteiger partial charge in [-0.1, -0.05) is 17.7 Å². The molecule has 0 aromatic carbocycles. The van der Waals surface area contributed by atoms with Crippen LogP contribution in [0.2, 0.25) is 0 Å². The van der Waals surface area contributed by atoms with Gasteiger partial charge in [-0.05, 0) is 38.7 Å². The highest BCUT2D eigenvalue weighted by molar-refractivity contribution is 5.90. The van der Waals surface area contributed by atoms with E-state index in [1.165, 1.54) is 5.57 Å². The van der Waals surface area contributed by atoms with Crippen LogP contribution in [0.1, 0.15) is 33.1 Å². The minimum absolute atomic E-state index is 0.281. The summed E-state index contributed by atoms with van der Waals surface area (Å²) >= 11 is 0. The standard InChI is InChI=1S/C11H16O/c1-9(2)3-4-10-5-7-11(12)8-6-10/h3,5,7,10H,4,6,8H2,1-2H3. The van der Waals surface area contributed by atoms with E-state index < -0.39 is 0 Å². The van der Waals surface area contributed by atoms with Crippen molar-refractivity contribution in [3.63, 3.8) is 0 Å². The number of hydrogen-bond donors (Lipinski definition) is 0.